The van der Waals surface area contributed by atoms with Gasteiger partial charge in [0.25, 0.3) is 0 Å². The van der Waals surface area contributed by atoms with Gasteiger partial charge in [-0.25, -0.2) is 0 Å². The predicted molar refractivity (Wildman–Crippen MR) is 45.8 cm³/mol. The second-order valence-corrected chi connectivity index (χ2v) is 2.84. The number of hydrogen-bond donors (Lipinski definition) is 1. The van der Waals surface area contributed by atoms with Crippen molar-refractivity contribution in [3.05, 3.63) is 23.4 Å². The van der Waals surface area contributed by atoms with Crippen molar-refractivity contribution in [3.63, 3.8) is 0 Å². The molecule has 1 saturated heterocycles. The molecule has 0 unspecified atom stereocenters. The summed E-state index contributed by atoms with van der Waals surface area (Å²) in [5.41, 5.74) is 2.69. The molecule has 1 aliphatic carbocycles. The largest absolute Gasteiger partial charge is 0.384 e. The van der Waals surface area contributed by atoms with Gasteiger partial charge in [0, 0.05) is 24.7 Å². The van der Waals surface area contributed by atoms with Crippen LogP contribution in [0.1, 0.15) is 19.3 Å². The lowest BCUT2D eigenvalue weighted by Gasteiger charge is -2.18. The molecule has 0 bridgehead atoms. The van der Waals surface area contributed by atoms with Crippen LogP contribution in [-0.2, 0) is 0 Å². The molecule has 0 spiro atoms. The molecule has 0 aromatic heterocycles. The van der Waals surface area contributed by atoms with Crippen LogP contribution in [0.15, 0.2) is 23.4 Å². The first-order valence-corrected chi connectivity index (χ1v) is 4.08. The first-order chi connectivity index (χ1) is 5.47. The summed E-state index contributed by atoms with van der Waals surface area (Å²) in [6.45, 7) is 1.10. The van der Waals surface area contributed by atoms with Gasteiger partial charge in [-0.15, -0.1) is 0 Å². The molecule has 1 heteroatoms. The molecule has 0 atom stereocenters. The summed E-state index contributed by atoms with van der Waals surface area (Å²) in [7, 11) is 0. The van der Waals surface area contributed by atoms with Gasteiger partial charge in [-0.05, 0) is 18.4 Å². The van der Waals surface area contributed by atoms with Crippen molar-refractivity contribution >= 4 is 0 Å². The Morgan fingerprint density at radius 2 is 2.45 bits per heavy atom. The molecule has 11 heavy (non-hydrogen) atoms. The Kier molecular flexibility index (Phi) is 1.69. The Morgan fingerprint density at radius 1 is 1.45 bits per heavy atom. The monoisotopic (exact) mass is 145 g/mol. The number of allylic oxidation sites excluding steroid dienone is 3. The Bertz CT molecular complexity index is 273. The zero-order valence-corrected chi connectivity index (χ0v) is 6.48. The van der Waals surface area contributed by atoms with Gasteiger partial charge in [-0.2, -0.15) is 0 Å². The van der Waals surface area contributed by atoms with E-state index in [1.807, 2.05) is 6.08 Å². The molecule has 0 aromatic carbocycles. The van der Waals surface area contributed by atoms with Crippen LogP contribution in [0.4, 0.5) is 0 Å². The lowest BCUT2D eigenvalue weighted by molar-refractivity contribution is 0.668. The van der Waals surface area contributed by atoms with Gasteiger partial charge in [-0.3, -0.25) is 0 Å². The van der Waals surface area contributed by atoms with Gasteiger partial charge < -0.3 is 5.32 Å². The highest BCUT2D eigenvalue weighted by Crippen LogP contribution is 2.19. The Labute approximate surface area is 67.2 Å². The zero-order valence-electron chi connectivity index (χ0n) is 6.48. The quantitative estimate of drug-likeness (QED) is 0.510. The molecule has 2 aliphatic rings. The molecule has 0 aromatic rings. The molecule has 1 aliphatic heterocycles. The molecule has 1 N–H and O–H groups in total. The third-order valence-corrected chi connectivity index (χ3v) is 2.05. The van der Waals surface area contributed by atoms with Crippen LogP contribution >= 0.6 is 0 Å². The maximum atomic E-state index is 3.35. The Morgan fingerprint density at radius 3 is 3.45 bits per heavy atom. The van der Waals surface area contributed by atoms with Gasteiger partial charge in [0.1, 0.15) is 0 Å². The molecule has 0 saturated carbocycles. The normalized spacial score (nSPS) is 21.1. The van der Waals surface area contributed by atoms with Crippen LogP contribution in [0.5, 0.6) is 0 Å². The van der Waals surface area contributed by atoms with Gasteiger partial charge in [0.15, 0.2) is 0 Å². The summed E-state index contributed by atoms with van der Waals surface area (Å²) in [6, 6.07) is 0. The fourth-order valence-electron chi connectivity index (χ4n) is 1.46. The summed E-state index contributed by atoms with van der Waals surface area (Å²) in [4.78, 5) is 0. The van der Waals surface area contributed by atoms with E-state index in [1.54, 1.807) is 0 Å². The molecule has 0 radical (unpaired) electrons. The van der Waals surface area contributed by atoms with Crippen LogP contribution in [0.3, 0.4) is 0 Å². The van der Waals surface area contributed by atoms with Crippen LogP contribution in [0.25, 0.3) is 0 Å². The summed E-state index contributed by atoms with van der Waals surface area (Å²) in [6.07, 6.45) is 7.61. The third kappa shape index (κ3) is 1.30. The number of hydrogen-bond acceptors (Lipinski definition) is 1. The van der Waals surface area contributed by atoms with Crippen LogP contribution in [0, 0.1) is 11.8 Å². The molecule has 0 amide bonds. The highest BCUT2D eigenvalue weighted by atomic mass is 14.9. The average molecular weight is 145 g/mol. The summed E-state index contributed by atoms with van der Waals surface area (Å²) < 4.78 is 0. The van der Waals surface area contributed by atoms with E-state index in [2.05, 4.69) is 23.2 Å². The van der Waals surface area contributed by atoms with E-state index in [1.165, 1.54) is 24.1 Å². The SMILES string of the molecule is C1#CCC=C2CCCNC2=C1. The first kappa shape index (κ1) is 6.54. The highest BCUT2D eigenvalue weighted by Gasteiger charge is 2.09. The van der Waals surface area contributed by atoms with Gasteiger partial charge in [0.2, 0.25) is 0 Å². The zero-order chi connectivity index (χ0) is 7.52. The van der Waals surface area contributed by atoms with Crippen LogP contribution in [0.2, 0.25) is 0 Å². The van der Waals surface area contributed by atoms with Crippen molar-refractivity contribution in [1.29, 1.82) is 0 Å². The fraction of sp³-hybridized carbons (Fsp3) is 0.400. The van der Waals surface area contributed by atoms with E-state index in [0.717, 1.165) is 13.0 Å². The minimum Gasteiger partial charge on any atom is -0.384 e. The second-order valence-electron chi connectivity index (χ2n) is 2.84. The fourth-order valence-corrected chi connectivity index (χ4v) is 1.46. The minimum absolute atomic E-state index is 0.914. The topological polar surface area (TPSA) is 12.0 Å². The van der Waals surface area contributed by atoms with E-state index in [0.29, 0.717) is 0 Å². The standard InChI is InChI=1S/C10H11N/c1-2-5-9-6-4-8-11-10(9)7-3-1/h5,7,11H,2,4,6,8H2. The first-order valence-electron chi connectivity index (χ1n) is 4.08. The van der Waals surface area contributed by atoms with Crippen molar-refractivity contribution in [2.45, 2.75) is 19.3 Å². The van der Waals surface area contributed by atoms with E-state index >= 15 is 0 Å². The van der Waals surface area contributed by atoms with E-state index in [-0.39, 0.29) is 0 Å². The maximum Gasteiger partial charge on any atom is 0.0454 e. The number of piperidine rings is 1. The van der Waals surface area contributed by atoms with Crippen molar-refractivity contribution in [1.82, 2.24) is 5.32 Å². The highest BCUT2D eigenvalue weighted by molar-refractivity contribution is 5.40. The number of rotatable bonds is 0. The lowest BCUT2D eigenvalue weighted by Crippen LogP contribution is -2.21. The molecule has 1 heterocycles. The molecule has 1 nitrogen and oxygen atoms in total. The molecule has 56 valence electrons. The van der Waals surface area contributed by atoms with Crippen molar-refractivity contribution in [3.8, 4) is 11.8 Å². The molecular weight excluding hydrogens is 134 g/mol. The minimum atomic E-state index is 0.914. The third-order valence-electron chi connectivity index (χ3n) is 2.05. The maximum absolute atomic E-state index is 3.35. The summed E-state index contributed by atoms with van der Waals surface area (Å²) in [5.74, 6) is 6.08. The smallest absolute Gasteiger partial charge is 0.0454 e. The van der Waals surface area contributed by atoms with Gasteiger partial charge in [-0.1, -0.05) is 17.9 Å². The van der Waals surface area contributed by atoms with Crippen molar-refractivity contribution in [2.24, 2.45) is 0 Å². The van der Waals surface area contributed by atoms with Crippen LogP contribution in [-0.4, -0.2) is 6.54 Å². The van der Waals surface area contributed by atoms with Gasteiger partial charge >= 0.3 is 0 Å². The van der Waals surface area contributed by atoms with E-state index in [4.69, 9.17) is 0 Å². The molecular formula is C10H11N. The van der Waals surface area contributed by atoms with E-state index in [9.17, 15) is 0 Å². The van der Waals surface area contributed by atoms with Crippen molar-refractivity contribution in [2.75, 3.05) is 6.54 Å². The summed E-state index contributed by atoms with van der Waals surface area (Å²) in [5, 5.41) is 3.35. The second kappa shape index (κ2) is 2.84. The molecule has 1 fully saturated rings. The number of fused-ring (bicyclic) bond motifs is 1. The Balaban J connectivity index is 2.28. The number of nitrogens with one attached hydrogen (secondary N) is 1. The average Bonchev–Trinajstić information content (AvgIpc) is 2.28. The molecule has 2 rings (SSSR count). The summed E-state index contributed by atoms with van der Waals surface area (Å²) >= 11 is 0. The van der Waals surface area contributed by atoms with Gasteiger partial charge in [0.05, 0.1) is 0 Å². The van der Waals surface area contributed by atoms with Crippen molar-refractivity contribution < 1.29 is 0 Å². The van der Waals surface area contributed by atoms with E-state index < -0.39 is 0 Å². The predicted octanol–water partition coefficient (Wildman–Crippen LogP) is 1.59. The Hall–Kier alpha value is -1.16. The lowest BCUT2D eigenvalue weighted by atomic mass is 10.0. The van der Waals surface area contributed by atoms with Crippen LogP contribution < -0.4 is 5.32 Å².